The first-order valence-corrected chi connectivity index (χ1v) is 9.23. The molecule has 8 nitrogen and oxygen atoms in total. The number of sulfonamides is 1. The van der Waals surface area contributed by atoms with E-state index in [9.17, 15) is 13.2 Å². The summed E-state index contributed by atoms with van der Waals surface area (Å²) in [4.78, 5) is 13.8. The number of piperidine rings is 1. The van der Waals surface area contributed by atoms with Crippen LogP contribution in [-0.2, 0) is 10.0 Å². The monoisotopic (exact) mass is 349 g/mol. The molecule has 24 heavy (non-hydrogen) atoms. The molecule has 2 heterocycles. The third kappa shape index (κ3) is 3.74. The number of likely N-dealkylation sites (tertiary alicyclic amines) is 1. The molecule has 1 aromatic heterocycles. The normalized spacial score (nSPS) is 18.4. The number of anilines is 1. The topological polar surface area (TPSA) is 110 Å². The molecule has 0 bridgehead atoms. The number of benzene rings is 1. The molecular formula is C15H19N5O3S. The van der Waals surface area contributed by atoms with E-state index in [-0.39, 0.29) is 12.6 Å². The lowest BCUT2D eigenvalue weighted by atomic mass is 10.1. The van der Waals surface area contributed by atoms with Crippen molar-refractivity contribution >= 4 is 21.9 Å². The minimum absolute atomic E-state index is 0.101. The number of hydrogen-bond donors (Lipinski definition) is 2. The van der Waals surface area contributed by atoms with Gasteiger partial charge in [0.2, 0.25) is 10.0 Å². The predicted molar refractivity (Wildman–Crippen MR) is 90.3 cm³/mol. The molecule has 1 unspecified atom stereocenters. The van der Waals surface area contributed by atoms with E-state index in [1.54, 1.807) is 16.9 Å². The smallest absolute Gasteiger partial charge is 0.323 e. The predicted octanol–water partition coefficient (Wildman–Crippen LogP) is 1.16. The van der Waals surface area contributed by atoms with Crippen molar-refractivity contribution in [1.29, 1.82) is 0 Å². The number of nitrogens with one attached hydrogen (secondary N) is 1. The second kappa shape index (κ2) is 6.62. The fourth-order valence-electron chi connectivity index (χ4n) is 2.69. The van der Waals surface area contributed by atoms with Crippen molar-refractivity contribution in [1.82, 2.24) is 14.7 Å². The summed E-state index contributed by atoms with van der Waals surface area (Å²) >= 11 is 0. The van der Waals surface area contributed by atoms with E-state index in [0.717, 1.165) is 5.69 Å². The maximum atomic E-state index is 12.3. The highest BCUT2D eigenvalue weighted by Gasteiger charge is 2.30. The van der Waals surface area contributed by atoms with Gasteiger partial charge in [0.25, 0.3) is 0 Å². The van der Waals surface area contributed by atoms with Crippen molar-refractivity contribution in [2.45, 2.75) is 18.1 Å². The minimum Gasteiger partial charge on any atom is -0.323 e. The summed E-state index contributed by atoms with van der Waals surface area (Å²) in [5, 5.41) is 11.5. The molecule has 2 amide bonds. The number of aromatic nitrogens is 2. The average molecular weight is 349 g/mol. The van der Waals surface area contributed by atoms with Crippen LogP contribution >= 0.6 is 0 Å². The van der Waals surface area contributed by atoms with Crippen LogP contribution in [0.5, 0.6) is 0 Å². The molecule has 3 rings (SSSR count). The lowest BCUT2D eigenvalue weighted by Gasteiger charge is -2.31. The van der Waals surface area contributed by atoms with Gasteiger partial charge in [-0.25, -0.2) is 23.0 Å². The number of nitrogens with two attached hydrogens (primary N) is 1. The molecule has 1 saturated heterocycles. The van der Waals surface area contributed by atoms with Gasteiger partial charge in [0.1, 0.15) is 0 Å². The summed E-state index contributed by atoms with van der Waals surface area (Å²) in [6.45, 7) is 0.599. The van der Waals surface area contributed by atoms with Crippen LogP contribution in [-0.4, -0.2) is 47.5 Å². The third-order valence-corrected chi connectivity index (χ3v) is 5.29. The highest BCUT2D eigenvalue weighted by molar-refractivity contribution is 7.89. The lowest BCUT2D eigenvalue weighted by Crippen LogP contribution is -2.48. The van der Waals surface area contributed by atoms with E-state index >= 15 is 0 Å². The molecular weight excluding hydrogens is 330 g/mol. The highest BCUT2D eigenvalue weighted by atomic mass is 32.2. The summed E-state index contributed by atoms with van der Waals surface area (Å²) in [6.07, 6.45) is 2.83. The molecule has 128 valence electrons. The average Bonchev–Trinajstić information content (AvgIpc) is 3.03. The highest BCUT2D eigenvalue weighted by Crippen LogP contribution is 2.17. The van der Waals surface area contributed by atoms with E-state index < -0.39 is 15.3 Å². The van der Waals surface area contributed by atoms with Gasteiger partial charge >= 0.3 is 6.03 Å². The minimum atomic E-state index is -3.64. The van der Waals surface area contributed by atoms with Crippen LogP contribution in [0.4, 0.5) is 10.6 Å². The van der Waals surface area contributed by atoms with Crippen LogP contribution in [0, 0.1) is 0 Å². The number of amides is 2. The standard InChI is InChI=1S/C15H19N5O3S/c16-24(22,23)13-7-4-9-19(11-13)15(21)17-14-8-10-20(18-14)12-5-2-1-3-6-12/h1-3,5-6,8,10,13H,4,7,9,11H2,(H2,16,22,23)(H,17,18,21). The number of primary sulfonamides is 1. The van der Waals surface area contributed by atoms with Crippen LogP contribution in [0.3, 0.4) is 0 Å². The van der Waals surface area contributed by atoms with Crippen molar-refractivity contribution in [2.75, 3.05) is 18.4 Å². The zero-order valence-corrected chi connectivity index (χ0v) is 13.8. The van der Waals surface area contributed by atoms with Crippen LogP contribution in [0.25, 0.3) is 5.69 Å². The number of carbonyl (C=O) groups excluding carboxylic acids is 1. The Hall–Kier alpha value is -2.39. The maximum absolute atomic E-state index is 12.3. The number of rotatable bonds is 3. The van der Waals surface area contributed by atoms with E-state index in [1.165, 1.54) is 4.90 Å². The fraction of sp³-hybridized carbons (Fsp3) is 0.333. The molecule has 1 aliphatic heterocycles. The van der Waals surface area contributed by atoms with Gasteiger partial charge in [0.15, 0.2) is 5.82 Å². The molecule has 1 aromatic carbocycles. The maximum Gasteiger partial charge on any atom is 0.323 e. The van der Waals surface area contributed by atoms with E-state index in [0.29, 0.717) is 25.2 Å². The van der Waals surface area contributed by atoms with E-state index in [1.807, 2.05) is 30.3 Å². The molecule has 0 radical (unpaired) electrons. The molecule has 0 spiro atoms. The summed E-state index contributed by atoms with van der Waals surface area (Å²) in [6, 6.07) is 10.8. The molecule has 9 heteroatoms. The number of carbonyl (C=O) groups is 1. The fourth-order valence-corrected chi connectivity index (χ4v) is 3.58. The molecule has 1 fully saturated rings. The molecule has 0 saturated carbocycles. The van der Waals surface area contributed by atoms with Gasteiger partial charge in [-0.05, 0) is 25.0 Å². The van der Waals surface area contributed by atoms with Crippen LogP contribution < -0.4 is 10.5 Å². The quantitative estimate of drug-likeness (QED) is 0.866. The molecule has 3 N–H and O–H groups in total. The molecule has 0 aliphatic carbocycles. The third-order valence-electron chi connectivity index (χ3n) is 3.97. The Balaban J connectivity index is 1.66. The Kier molecular flexibility index (Phi) is 4.54. The Morgan fingerprint density at radius 2 is 2.00 bits per heavy atom. The zero-order chi connectivity index (χ0) is 17.2. The van der Waals surface area contributed by atoms with Crippen molar-refractivity contribution in [2.24, 2.45) is 5.14 Å². The first-order chi connectivity index (χ1) is 11.4. The van der Waals surface area contributed by atoms with Gasteiger partial charge in [-0.3, -0.25) is 5.32 Å². The van der Waals surface area contributed by atoms with Gasteiger partial charge in [-0.1, -0.05) is 18.2 Å². The second-order valence-electron chi connectivity index (χ2n) is 5.71. The Bertz CT molecular complexity index is 819. The Morgan fingerprint density at radius 1 is 1.25 bits per heavy atom. The summed E-state index contributed by atoms with van der Waals surface area (Å²) in [5.41, 5.74) is 0.880. The number of hydrogen-bond acceptors (Lipinski definition) is 4. The van der Waals surface area contributed by atoms with E-state index in [2.05, 4.69) is 10.4 Å². The lowest BCUT2D eigenvalue weighted by molar-refractivity contribution is 0.200. The second-order valence-corrected chi connectivity index (χ2v) is 7.56. The zero-order valence-electron chi connectivity index (χ0n) is 13.0. The SMILES string of the molecule is NS(=O)(=O)C1CCCN(C(=O)Nc2ccn(-c3ccccc3)n2)C1. The summed E-state index contributed by atoms with van der Waals surface area (Å²) in [5.74, 6) is 0.404. The van der Waals surface area contributed by atoms with E-state index in [4.69, 9.17) is 5.14 Å². The molecule has 1 aliphatic rings. The van der Waals surface area contributed by atoms with Crippen molar-refractivity contribution < 1.29 is 13.2 Å². The van der Waals surface area contributed by atoms with Crippen molar-refractivity contribution in [3.05, 3.63) is 42.6 Å². The van der Waals surface area contributed by atoms with Gasteiger partial charge in [-0.15, -0.1) is 5.10 Å². The summed E-state index contributed by atoms with van der Waals surface area (Å²) < 4.78 is 24.6. The van der Waals surface area contributed by atoms with Crippen LogP contribution in [0.1, 0.15) is 12.8 Å². The Morgan fingerprint density at radius 3 is 2.71 bits per heavy atom. The van der Waals surface area contributed by atoms with Crippen molar-refractivity contribution in [3.63, 3.8) is 0 Å². The number of nitrogens with zero attached hydrogens (tertiary/aromatic N) is 3. The molecule has 1 atom stereocenters. The number of urea groups is 1. The van der Waals surface area contributed by atoms with Crippen LogP contribution in [0.15, 0.2) is 42.6 Å². The van der Waals surface area contributed by atoms with Gasteiger partial charge in [0.05, 0.1) is 10.9 Å². The molecule has 2 aromatic rings. The largest absolute Gasteiger partial charge is 0.323 e. The number of para-hydroxylation sites is 1. The van der Waals surface area contributed by atoms with Crippen LogP contribution in [0.2, 0.25) is 0 Å². The van der Waals surface area contributed by atoms with Gasteiger partial charge in [-0.2, -0.15) is 0 Å². The first kappa shape index (κ1) is 16.5. The van der Waals surface area contributed by atoms with Gasteiger partial charge in [0, 0.05) is 25.4 Å². The van der Waals surface area contributed by atoms with Crippen molar-refractivity contribution in [3.8, 4) is 5.69 Å². The van der Waals surface area contributed by atoms with Gasteiger partial charge < -0.3 is 4.90 Å². The Labute approximate surface area is 140 Å². The first-order valence-electron chi connectivity index (χ1n) is 7.62. The summed E-state index contributed by atoms with van der Waals surface area (Å²) in [7, 11) is -3.64.